The number of aromatic nitrogens is 4. The van der Waals surface area contributed by atoms with Gasteiger partial charge in [0.15, 0.2) is 11.6 Å². The molecule has 0 N–H and O–H groups in total. The summed E-state index contributed by atoms with van der Waals surface area (Å²) >= 11 is 0. The summed E-state index contributed by atoms with van der Waals surface area (Å²) in [6.45, 7) is 6.72. The van der Waals surface area contributed by atoms with Gasteiger partial charge in [0.05, 0.1) is 11.0 Å². The third kappa shape index (κ3) is 6.20. The second-order valence-corrected chi connectivity index (χ2v) is 15.9. The molecule has 2 heterocycles. The van der Waals surface area contributed by atoms with Gasteiger partial charge in [0.2, 0.25) is 0 Å². The van der Waals surface area contributed by atoms with Crippen molar-refractivity contribution in [1.29, 1.82) is 0 Å². The number of fused-ring (bicyclic) bond motifs is 3. The zero-order chi connectivity index (χ0) is 39.2. The van der Waals surface area contributed by atoms with E-state index in [1.807, 2.05) is 18.2 Å². The van der Waals surface area contributed by atoms with Gasteiger partial charge in [-0.25, -0.2) is 0 Å². The Morgan fingerprint density at radius 2 is 0.707 bits per heavy atom. The molecule has 0 unspecified atom stereocenters. The van der Waals surface area contributed by atoms with Crippen LogP contribution in [0.5, 0.6) is 0 Å². The van der Waals surface area contributed by atoms with Crippen molar-refractivity contribution in [2.75, 3.05) is 0 Å². The molecule has 0 saturated carbocycles. The Kier molecular flexibility index (Phi) is 8.68. The lowest BCUT2D eigenvalue weighted by Gasteiger charge is -2.20. The van der Waals surface area contributed by atoms with Crippen LogP contribution in [-0.4, -0.2) is 19.3 Å². The van der Waals surface area contributed by atoms with Crippen LogP contribution in [0.25, 0.3) is 89.3 Å². The van der Waals surface area contributed by atoms with Crippen molar-refractivity contribution >= 4 is 21.8 Å². The predicted molar refractivity (Wildman–Crippen MR) is 242 cm³/mol. The molecule has 0 spiro atoms. The minimum Gasteiger partial charge on any atom is -0.309 e. The second kappa shape index (κ2) is 14.3. The zero-order valence-electron chi connectivity index (χ0n) is 32.8. The van der Waals surface area contributed by atoms with E-state index in [4.69, 9.17) is 10.2 Å². The molecule has 0 fully saturated rings. The van der Waals surface area contributed by atoms with E-state index in [1.165, 1.54) is 55.2 Å². The molecule has 4 nitrogen and oxygen atoms in total. The number of nitrogens with zero attached hydrogens (tertiary/aromatic N) is 4. The van der Waals surface area contributed by atoms with Crippen LogP contribution in [-0.2, 0) is 5.41 Å². The van der Waals surface area contributed by atoms with Gasteiger partial charge in [0, 0.05) is 33.3 Å². The van der Waals surface area contributed by atoms with Crippen molar-refractivity contribution in [3.63, 3.8) is 0 Å². The van der Waals surface area contributed by atoms with E-state index in [2.05, 4.69) is 212 Å². The van der Waals surface area contributed by atoms with E-state index in [-0.39, 0.29) is 5.41 Å². The van der Waals surface area contributed by atoms with Crippen LogP contribution in [0.15, 0.2) is 200 Å². The van der Waals surface area contributed by atoms with E-state index >= 15 is 0 Å². The maximum atomic E-state index is 4.79. The minimum absolute atomic E-state index is 0.0580. The molecule has 0 radical (unpaired) electrons. The quantitative estimate of drug-likeness (QED) is 0.163. The highest BCUT2D eigenvalue weighted by Crippen LogP contribution is 2.40. The second-order valence-electron chi connectivity index (χ2n) is 15.9. The predicted octanol–water partition coefficient (Wildman–Crippen LogP) is 14.0. The number of rotatable bonds is 7. The van der Waals surface area contributed by atoms with Gasteiger partial charge in [0.1, 0.15) is 0 Å². The van der Waals surface area contributed by atoms with Crippen LogP contribution in [0.2, 0.25) is 0 Å². The average Bonchev–Trinajstić information content (AvgIpc) is 3.87. The number of hydrogen-bond donors (Lipinski definition) is 0. The Hall–Kier alpha value is -7.30. The maximum Gasteiger partial charge on any atom is 0.168 e. The van der Waals surface area contributed by atoms with Crippen molar-refractivity contribution in [3.8, 4) is 67.5 Å². The molecule has 10 rings (SSSR count). The summed E-state index contributed by atoms with van der Waals surface area (Å²) in [6, 6.07) is 71.6. The van der Waals surface area contributed by atoms with Crippen molar-refractivity contribution < 1.29 is 0 Å². The number of para-hydroxylation sites is 2. The van der Waals surface area contributed by atoms with E-state index in [0.29, 0.717) is 0 Å². The minimum atomic E-state index is 0.0580. The third-order valence-corrected chi connectivity index (χ3v) is 11.3. The highest BCUT2D eigenvalue weighted by molar-refractivity contribution is 6.09. The van der Waals surface area contributed by atoms with Gasteiger partial charge in [-0.3, -0.25) is 4.57 Å². The molecule has 0 aliphatic rings. The normalized spacial score (nSPS) is 11.7. The largest absolute Gasteiger partial charge is 0.309 e. The lowest BCUT2D eigenvalue weighted by Crippen LogP contribution is -2.11. The molecule has 8 aromatic carbocycles. The molecule has 0 bridgehead atoms. The summed E-state index contributed by atoms with van der Waals surface area (Å²) in [6.07, 6.45) is 0. The summed E-state index contributed by atoms with van der Waals surface area (Å²) in [7, 11) is 0. The van der Waals surface area contributed by atoms with Gasteiger partial charge >= 0.3 is 0 Å². The Morgan fingerprint density at radius 3 is 1.22 bits per heavy atom. The van der Waals surface area contributed by atoms with Crippen molar-refractivity contribution in [1.82, 2.24) is 19.3 Å². The lowest BCUT2D eigenvalue weighted by molar-refractivity contribution is 0.590. The molecule has 10 aromatic rings. The number of hydrogen-bond acceptors (Lipinski definition) is 2. The summed E-state index contributed by atoms with van der Waals surface area (Å²) in [4.78, 5) is 0. The fraction of sp³-hybridized carbons (Fsp3) is 0.0741. The summed E-state index contributed by atoms with van der Waals surface area (Å²) in [5.74, 6) is 1.62. The van der Waals surface area contributed by atoms with Crippen molar-refractivity contribution in [2.45, 2.75) is 26.2 Å². The summed E-state index contributed by atoms with van der Waals surface area (Å²) in [5.41, 5.74) is 15.0. The average molecular weight is 747 g/mol. The fourth-order valence-electron chi connectivity index (χ4n) is 8.33. The van der Waals surface area contributed by atoms with E-state index in [9.17, 15) is 0 Å². The first-order valence-electron chi connectivity index (χ1n) is 19.9. The van der Waals surface area contributed by atoms with Gasteiger partial charge in [0.25, 0.3) is 0 Å². The molecule has 0 atom stereocenters. The van der Waals surface area contributed by atoms with Gasteiger partial charge in [-0.1, -0.05) is 185 Å². The number of benzene rings is 8. The first-order valence-corrected chi connectivity index (χ1v) is 19.9. The lowest BCUT2D eigenvalue weighted by atomic mass is 9.87. The van der Waals surface area contributed by atoms with Gasteiger partial charge in [-0.15, -0.1) is 10.2 Å². The van der Waals surface area contributed by atoms with Gasteiger partial charge in [-0.05, 0) is 80.8 Å². The Morgan fingerprint density at radius 1 is 0.328 bits per heavy atom. The maximum absolute atomic E-state index is 4.79. The van der Waals surface area contributed by atoms with Gasteiger partial charge in [-0.2, -0.15) is 0 Å². The van der Waals surface area contributed by atoms with Crippen molar-refractivity contribution in [3.05, 3.63) is 206 Å². The Bertz CT molecular complexity index is 3000. The molecule has 278 valence electrons. The van der Waals surface area contributed by atoms with Crippen LogP contribution in [0, 0.1) is 0 Å². The Balaban J connectivity index is 1.01. The smallest absolute Gasteiger partial charge is 0.168 e. The molecule has 2 aromatic heterocycles. The summed E-state index contributed by atoms with van der Waals surface area (Å²) < 4.78 is 4.54. The standard InChI is InChI=1S/C54H42N4/c1-54(2,3)41-31-35-43(36-32-41)58-52(39-15-5-4-6-16-39)55-56-53(58)40-27-25-37(26-28-40)44-17-7-9-19-46(44)47-20-10-8-18-45(47)38-29-33-42(34-30-38)57-50-23-13-11-21-48(50)49-22-12-14-24-51(49)57/h4-36H,1-3H3. The first-order chi connectivity index (χ1) is 28.4. The zero-order valence-corrected chi connectivity index (χ0v) is 32.8. The van der Waals surface area contributed by atoms with Crippen molar-refractivity contribution in [2.24, 2.45) is 0 Å². The molecule has 0 aliphatic heterocycles. The molecular formula is C54H42N4. The SMILES string of the molecule is CC(C)(C)c1ccc(-n2c(-c3ccccc3)nnc2-c2ccc(-c3ccccc3-c3ccccc3-c3ccc(-n4c5ccccc5c5ccccc54)cc3)cc2)cc1. The molecular weight excluding hydrogens is 705 g/mol. The monoisotopic (exact) mass is 746 g/mol. The van der Waals surface area contributed by atoms with Crippen LogP contribution in [0.1, 0.15) is 26.3 Å². The Labute approximate surface area is 339 Å². The topological polar surface area (TPSA) is 35.6 Å². The van der Waals surface area contributed by atoms with Gasteiger partial charge < -0.3 is 4.57 Å². The van der Waals surface area contributed by atoms with Crippen LogP contribution >= 0.6 is 0 Å². The van der Waals surface area contributed by atoms with E-state index < -0.39 is 0 Å². The fourth-order valence-corrected chi connectivity index (χ4v) is 8.33. The van der Waals surface area contributed by atoms with Crippen LogP contribution in [0.3, 0.4) is 0 Å². The molecule has 58 heavy (non-hydrogen) atoms. The summed E-state index contributed by atoms with van der Waals surface area (Å²) in [5, 5.41) is 12.1. The molecule has 0 saturated heterocycles. The van der Waals surface area contributed by atoms with Crippen LogP contribution < -0.4 is 0 Å². The van der Waals surface area contributed by atoms with E-state index in [0.717, 1.165) is 39.7 Å². The van der Waals surface area contributed by atoms with Crippen LogP contribution in [0.4, 0.5) is 0 Å². The molecule has 4 heteroatoms. The van der Waals surface area contributed by atoms with E-state index in [1.54, 1.807) is 0 Å². The molecule has 0 amide bonds. The highest BCUT2D eigenvalue weighted by atomic mass is 15.3. The highest BCUT2D eigenvalue weighted by Gasteiger charge is 2.20. The third-order valence-electron chi connectivity index (χ3n) is 11.3. The first kappa shape index (κ1) is 35.1. The molecule has 0 aliphatic carbocycles.